The zero-order chi connectivity index (χ0) is 33.4. The van der Waals surface area contributed by atoms with E-state index in [0.29, 0.717) is 0 Å². The molecule has 252 valence electrons. The van der Waals surface area contributed by atoms with Crippen LogP contribution < -0.4 is 32.5 Å². The van der Waals surface area contributed by atoms with E-state index >= 15 is 0 Å². The Bertz CT molecular complexity index is 1240. The van der Waals surface area contributed by atoms with Gasteiger partial charge >= 0.3 is 29.4 Å². The average Bonchev–Trinajstić information content (AvgIpc) is 3.33. The number of ether oxygens (including phenoxy) is 4. The Balaban J connectivity index is 1.77. The molecule has 1 saturated heterocycles. The molecule has 4 atom stereocenters. The molecule has 20 nitrogen and oxygen atoms in total. The molecular formula is C25H39N7O13. The number of hydrogen-bond donors (Lipinski definition) is 7. The fourth-order valence-corrected chi connectivity index (χ4v) is 4.14. The first kappa shape index (κ1) is 37.0. The third kappa shape index (κ3) is 12.0. The lowest BCUT2D eigenvalue weighted by atomic mass is 10.1. The molecule has 0 aliphatic carbocycles. The molecule has 1 aliphatic heterocycles. The summed E-state index contributed by atoms with van der Waals surface area (Å²) in [4.78, 5) is 85.4. The summed E-state index contributed by atoms with van der Waals surface area (Å²) in [6.45, 7) is 0.381. The second kappa shape index (κ2) is 19.2. The van der Waals surface area contributed by atoms with E-state index in [0.717, 1.165) is 24.9 Å². The number of carbonyl (C=O) groups is 5. The Labute approximate surface area is 256 Å². The number of aromatic nitrogens is 2. The molecule has 1 aromatic rings. The maximum absolute atomic E-state index is 12.3. The van der Waals surface area contributed by atoms with E-state index in [1.165, 1.54) is 6.20 Å². The average molecular weight is 646 g/mol. The number of hydrogen-bond acceptors (Lipinski definition) is 15. The molecule has 4 unspecified atom stereocenters. The zero-order valence-electron chi connectivity index (χ0n) is 24.8. The zero-order valence-corrected chi connectivity index (χ0v) is 24.8. The van der Waals surface area contributed by atoms with Crippen molar-refractivity contribution in [1.29, 1.82) is 0 Å². The van der Waals surface area contributed by atoms with E-state index in [2.05, 4.69) is 35.7 Å². The van der Waals surface area contributed by atoms with E-state index in [1.807, 2.05) is 0 Å². The molecule has 0 aromatic carbocycles. The molecule has 0 radical (unpaired) electrons. The van der Waals surface area contributed by atoms with Crippen LogP contribution in [0, 0.1) is 0 Å². The molecule has 0 bridgehead atoms. The van der Waals surface area contributed by atoms with Crippen LogP contribution in [0.25, 0.3) is 0 Å². The number of aliphatic hydroxyl groups excluding tert-OH is 2. The monoisotopic (exact) mass is 645 g/mol. The summed E-state index contributed by atoms with van der Waals surface area (Å²) in [5.41, 5.74) is -1.38. The number of carbonyl (C=O) groups excluding carboxylic acids is 5. The van der Waals surface area contributed by atoms with Crippen LogP contribution in [0.2, 0.25) is 0 Å². The van der Waals surface area contributed by atoms with Gasteiger partial charge in [0.15, 0.2) is 6.23 Å². The third-order valence-electron chi connectivity index (χ3n) is 6.49. The Morgan fingerprint density at radius 1 is 0.978 bits per heavy atom. The van der Waals surface area contributed by atoms with Crippen molar-refractivity contribution in [3.05, 3.63) is 33.1 Å². The highest BCUT2D eigenvalue weighted by molar-refractivity contribution is 6.32. The summed E-state index contributed by atoms with van der Waals surface area (Å²) in [6, 6.07) is 0.223. The molecule has 0 spiro atoms. The van der Waals surface area contributed by atoms with Crippen molar-refractivity contribution in [2.75, 3.05) is 73.4 Å². The minimum Gasteiger partial charge on any atom is -0.462 e. The van der Waals surface area contributed by atoms with Crippen LogP contribution in [-0.4, -0.2) is 146 Å². The summed E-state index contributed by atoms with van der Waals surface area (Å²) in [5, 5.41) is 30.3. The van der Waals surface area contributed by atoms with Gasteiger partial charge in [-0.3, -0.25) is 38.9 Å². The highest BCUT2D eigenvalue weighted by Crippen LogP contribution is 2.28. The Hall–Kier alpha value is -4.21. The van der Waals surface area contributed by atoms with Crippen LogP contribution in [0.5, 0.6) is 0 Å². The first-order chi connectivity index (χ1) is 21.5. The van der Waals surface area contributed by atoms with Crippen molar-refractivity contribution in [1.82, 2.24) is 35.7 Å². The number of methoxy groups -OCH3 is 2. The van der Waals surface area contributed by atoms with E-state index in [1.54, 1.807) is 4.90 Å². The molecule has 1 aliphatic rings. The van der Waals surface area contributed by atoms with E-state index in [9.17, 15) is 43.8 Å². The topological polar surface area (TPSA) is 269 Å². The number of H-pyrrole nitrogens is 1. The Morgan fingerprint density at radius 2 is 1.56 bits per heavy atom. The van der Waals surface area contributed by atoms with Crippen molar-refractivity contribution in [3.8, 4) is 0 Å². The lowest BCUT2D eigenvalue weighted by Crippen LogP contribution is -2.47. The van der Waals surface area contributed by atoms with Crippen LogP contribution in [0.4, 0.5) is 0 Å². The number of esters is 2. The predicted molar refractivity (Wildman–Crippen MR) is 150 cm³/mol. The van der Waals surface area contributed by atoms with Gasteiger partial charge in [0.25, 0.3) is 5.56 Å². The van der Waals surface area contributed by atoms with Crippen molar-refractivity contribution >= 4 is 29.7 Å². The van der Waals surface area contributed by atoms with Crippen LogP contribution >= 0.6 is 0 Å². The summed E-state index contributed by atoms with van der Waals surface area (Å²) in [5.74, 6) is -4.31. The maximum Gasteiger partial charge on any atom is 0.396 e. The van der Waals surface area contributed by atoms with E-state index in [4.69, 9.17) is 9.47 Å². The van der Waals surface area contributed by atoms with Gasteiger partial charge in [-0.25, -0.2) is 14.4 Å². The highest BCUT2D eigenvalue weighted by Gasteiger charge is 2.44. The number of rotatable bonds is 17. The summed E-state index contributed by atoms with van der Waals surface area (Å²) < 4.78 is 20.8. The van der Waals surface area contributed by atoms with Gasteiger partial charge in [-0.05, 0) is 0 Å². The van der Waals surface area contributed by atoms with Crippen molar-refractivity contribution in [2.24, 2.45) is 0 Å². The van der Waals surface area contributed by atoms with Crippen LogP contribution in [0.3, 0.4) is 0 Å². The highest BCUT2D eigenvalue weighted by atomic mass is 16.6. The second-order valence-electron chi connectivity index (χ2n) is 9.47. The van der Waals surface area contributed by atoms with Gasteiger partial charge in [-0.1, -0.05) is 0 Å². The van der Waals surface area contributed by atoms with Gasteiger partial charge in [0.1, 0.15) is 12.2 Å². The molecule has 7 N–H and O–H groups in total. The summed E-state index contributed by atoms with van der Waals surface area (Å²) >= 11 is 0. The van der Waals surface area contributed by atoms with Gasteiger partial charge < -0.3 is 45.1 Å². The molecule has 20 heteroatoms. The van der Waals surface area contributed by atoms with Gasteiger partial charge in [-0.15, -0.1) is 0 Å². The SMILES string of the molecule is COC(=O)C(=O)NCCN(CCNC(=O)CCOCNC1C(O)C(CO)OC1n1ccc(=O)[nH]c1=O)CCNC(=O)C(=O)OC. The molecule has 2 heterocycles. The van der Waals surface area contributed by atoms with E-state index in [-0.39, 0.29) is 64.9 Å². The standard InChI is InChI=1S/C25H39N7O13/c1-42-23(39)20(37)27-6-10-31(11-7-28-21(38)24(40)43-2)9-5-26-16(34)4-12-44-14-29-18-19(36)15(13-33)45-22(18)32-8-3-17(35)30-25(32)41/h3,8,15,18-19,22,29,33,36H,4-7,9-14H2,1-2H3,(H,26,34)(H,27,37)(H,28,38)(H,30,35,41). The van der Waals surface area contributed by atoms with Gasteiger partial charge in [-0.2, -0.15) is 0 Å². The Kier molecular flexibility index (Phi) is 15.8. The van der Waals surface area contributed by atoms with Crippen molar-refractivity contribution < 1.29 is 53.1 Å². The second-order valence-corrected chi connectivity index (χ2v) is 9.47. The van der Waals surface area contributed by atoms with Crippen LogP contribution in [-0.2, 0) is 42.9 Å². The smallest absolute Gasteiger partial charge is 0.396 e. The first-order valence-electron chi connectivity index (χ1n) is 13.8. The lowest BCUT2D eigenvalue weighted by Gasteiger charge is -2.23. The molecule has 45 heavy (non-hydrogen) atoms. The first-order valence-corrected chi connectivity index (χ1v) is 13.8. The minimum atomic E-state index is -1.21. The van der Waals surface area contributed by atoms with Crippen LogP contribution in [0.15, 0.2) is 21.9 Å². The molecule has 3 amide bonds. The molecule has 1 aromatic heterocycles. The fourth-order valence-electron chi connectivity index (χ4n) is 4.14. The Morgan fingerprint density at radius 3 is 2.09 bits per heavy atom. The number of nitrogens with zero attached hydrogens (tertiary/aromatic N) is 2. The quantitative estimate of drug-likeness (QED) is 0.0360. The normalized spacial score (nSPS) is 19.1. The minimum absolute atomic E-state index is 0.0158. The predicted octanol–water partition coefficient (Wildman–Crippen LogP) is -5.89. The van der Waals surface area contributed by atoms with E-state index < -0.39 is 66.1 Å². The van der Waals surface area contributed by atoms with Gasteiger partial charge in [0, 0.05) is 51.5 Å². The van der Waals surface area contributed by atoms with Crippen molar-refractivity contribution in [3.63, 3.8) is 0 Å². The number of amides is 3. The molecule has 1 fully saturated rings. The fraction of sp³-hybridized carbons (Fsp3) is 0.640. The summed E-state index contributed by atoms with van der Waals surface area (Å²) in [7, 11) is 2.14. The van der Waals surface area contributed by atoms with Crippen LogP contribution in [0.1, 0.15) is 12.6 Å². The maximum atomic E-state index is 12.3. The lowest BCUT2D eigenvalue weighted by molar-refractivity contribution is -0.152. The van der Waals surface area contributed by atoms with Gasteiger partial charge in [0.05, 0.1) is 46.6 Å². The summed E-state index contributed by atoms with van der Waals surface area (Å²) in [6.07, 6.45) is -2.09. The third-order valence-corrected chi connectivity index (χ3v) is 6.49. The molecule has 2 rings (SSSR count). The molecule has 0 saturated carbocycles. The number of nitrogens with one attached hydrogen (secondary N) is 5. The van der Waals surface area contributed by atoms with Crippen molar-refractivity contribution in [2.45, 2.75) is 30.9 Å². The number of aliphatic hydroxyl groups is 2. The number of aromatic amines is 1. The molecular weight excluding hydrogens is 606 g/mol. The largest absolute Gasteiger partial charge is 0.462 e. The van der Waals surface area contributed by atoms with Gasteiger partial charge in [0.2, 0.25) is 5.91 Å².